The van der Waals surface area contributed by atoms with Gasteiger partial charge in [0.15, 0.2) is 0 Å². The van der Waals surface area contributed by atoms with Gasteiger partial charge in [0, 0.05) is 18.8 Å². The number of carbonyl (C=O) groups excluding carboxylic acids is 1. The Labute approximate surface area is 114 Å². The van der Waals surface area contributed by atoms with Crippen LogP contribution in [0, 0.1) is 0 Å². The van der Waals surface area contributed by atoms with E-state index in [4.69, 9.17) is 9.47 Å². The van der Waals surface area contributed by atoms with Crippen molar-refractivity contribution in [3.63, 3.8) is 0 Å². The standard InChI is InChI=1S/C15H21NO3/c1-2-9-18-10-11-19-15(17)13-5-3-7-14-12(13)6-4-8-16-14/h3,5,7,16H,2,4,6,8-11H2,1H3. The summed E-state index contributed by atoms with van der Waals surface area (Å²) in [6.45, 7) is 4.51. The summed E-state index contributed by atoms with van der Waals surface area (Å²) in [6.07, 6.45) is 2.96. The van der Waals surface area contributed by atoms with Gasteiger partial charge >= 0.3 is 5.97 Å². The van der Waals surface area contributed by atoms with E-state index in [1.54, 1.807) is 0 Å². The third-order valence-corrected chi connectivity index (χ3v) is 3.12. The molecule has 0 spiro atoms. The molecule has 0 fully saturated rings. The molecule has 0 unspecified atom stereocenters. The number of rotatable bonds is 6. The zero-order valence-corrected chi connectivity index (χ0v) is 11.4. The zero-order valence-electron chi connectivity index (χ0n) is 11.4. The Bertz CT molecular complexity index is 431. The maximum Gasteiger partial charge on any atom is 0.338 e. The Balaban J connectivity index is 1.92. The van der Waals surface area contributed by atoms with E-state index in [1.807, 2.05) is 18.2 Å². The van der Waals surface area contributed by atoms with Crippen LogP contribution in [0.15, 0.2) is 18.2 Å². The zero-order chi connectivity index (χ0) is 13.5. The molecule has 4 nitrogen and oxygen atoms in total. The summed E-state index contributed by atoms with van der Waals surface area (Å²) < 4.78 is 10.5. The van der Waals surface area contributed by atoms with Crippen LogP contribution in [-0.4, -0.2) is 32.3 Å². The van der Waals surface area contributed by atoms with Crippen molar-refractivity contribution in [1.29, 1.82) is 0 Å². The summed E-state index contributed by atoms with van der Waals surface area (Å²) in [6, 6.07) is 5.73. The van der Waals surface area contributed by atoms with Gasteiger partial charge in [0.05, 0.1) is 12.2 Å². The smallest absolute Gasteiger partial charge is 0.338 e. The normalized spacial score (nSPS) is 13.5. The molecule has 0 saturated carbocycles. The average molecular weight is 263 g/mol. The van der Waals surface area contributed by atoms with Crippen molar-refractivity contribution in [3.05, 3.63) is 29.3 Å². The summed E-state index contributed by atoms with van der Waals surface area (Å²) in [5.74, 6) is -0.249. The summed E-state index contributed by atoms with van der Waals surface area (Å²) in [5, 5.41) is 3.31. The first-order chi connectivity index (χ1) is 9.33. The molecule has 0 atom stereocenters. The second-order valence-electron chi connectivity index (χ2n) is 4.61. The van der Waals surface area contributed by atoms with E-state index >= 15 is 0 Å². The maximum absolute atomic E-state index is 12.0. The molecule has 19 heavy (non-hydrogen) atoms. The molecule has 0 bridgehead atoms. The second-order valence-corrected chi connectivity index (χ2v) is 4.61. The predicted molar refractivity (Wildman–Crippen MR) is 74.6 cm³/mol. The van der Waals surface area contributed by atoms with E-state index in [1.165, 1.54) is 0 Å². The Morgan fingerprint density at radius 3 is 3.05 bits per heavy atom. The SMILES string of the molecule is CCCOCCOC(=O)c1cccc2c1CCCN2. The lowest BCUT2D eigenvalue weighted by molar-refractivity contribution is 0.0317. The molecule has 1 aliphatic heterocycles. The van der Waals surface area contributed by atoms with E-state index in [9.17, 15) is 4.79 Å². The lowest BCUT2D eigenvalue weighted by atomic mass is 9.98. The average Bonchev–Trinajstić information content (AvgIpc) is 2.46. The monoisotopic (exact) mass is 263 g/mol. The predicted octanol–water partition coefficient (Wildman–Crippen LogP) is 2.63. The highest BCUT2D eigenvalue weighted by Gasteiger charge is 2.18. The van der Waals surface area contributed by atoms with Crippen LogP contribution in [0.25, 0.3) is 0 Å². The van der Waals surface area contributed by atoms with Crippen LogP contribution in [0.3, 0.4) is 0 Å². The van der Waals surface area contributed by atoms with Gasteiger partial charge in [-0.15, -0.1) is 0 Å². The van der Waals surface area contributed by atoms with Crippen LogP contribution in [0.5, 0.6) is 0 Å². The van der Waals surface area contributed by atoms with E-state index in [0.29, 0.717) is 25.4 Å². The minimum absolute atomic E-state index is 0.249. The van der Waals surface area contributed by atoms with Crippen LogP contribution in [0.1, 0.15) is 35.7 Å². The number of anilines is 1. The van der Waals surface area contributed by atoms with E-state index in [-0.39, 0.29) is 5.97 Å². The summed E-state index contributed by atoms with van der Waals surface area (Å²) in [4.78, 5) is 12.0. The first-order valence-corrected chi connectivity index (χ1v) is 6.93. The summed E-state index contributed by atoms with van der Waals surface area (Å²) in [5.41, 5.74) is 2.82. The van der Waals surface area contributed by atoms with E-state index in [2.05, 4.69) is 12.2 Å². The van der Waals surface area contributed by atoms with Crippen LogP contribution >= 0.6 is 0 Å². The van der Waals surface area contributed by atoms with Crippen LogP contribution < -0.4 is 5.32 Å². The molecule has 0 aliphatic carbocycles. The van der Waals surface area contributed by atoms with Crippen molar-refractivity contribution >= 4 is 11.7 Å². The molecular formula is C15H21NO3. The first-order valence-electron chi connectivity index (χ1n) is 6.93. The molecule has 1 aromatic carbocycles. The first kappa shape index (κ1) is 13.9. The fourth-order valence-corrected chi connectivity index (χ4v) is 2.22. The van der Waals surface area contributed by atoms with Crippen molar-refractivity contribution < 1.29 is 14.3 Å². The van der Waals surface area contributed by atoms with Crippen molar-refractivity contribution in [2.24, 2.45) is 0 Å². The number of carbonyl (C=O) groups is 1. The Morgan fingerprint density at radius 2 is 2.21 bits per heavy atom. The molecule has 2 rings (SSSR count). The van der Waals surface area contributed by atoms with Gasteiger partial charge in [-0.05, 0) is 37.0 Å². The quantitative estimate of drug-likeness (QED) is 0.633. The molecular weight excluding hydrogens is 242 g/mol. The minimum atomic E-state index is -0.249. The van der Waals surface area contributed by atoms with Crippen LogP contribution in [0.2, 0.25) is 0 Å². The minimum Gasteiger partial charge on any atom is -0.460 e. The molecule has 1 N–H and O–H groups in total. The van der Waals surface area contributed by atoms with Crippen LogP contribution in [0.4, 0.5) is 5.69 Å². The second kappa shape index (κ2) is 7.14. The molecule has 1 aliphatic rings. The topological polar surface area (TPSA) is 47.6 Å². The van der Waals surface area contributed by atoms with Crippen molar-refractivity contribution in [2.45, 2.75) is 26.2 Å². The van der Waals surface area contributed by atoms with Gasteiger partial charge < -0.3 is 14.8 Å². The highest BCUT2D eigenvalue weighted by molar-refractivity contribution is 5.93. The van der Waals surface area contributed by atoms with Gasteiger partial charge in [-0.1, -0.05) is 13.0 Å². The Morgan fingerprint density at radius 1 is 1.32 bits per heavy atom. The Kier molecular flexibility index (Phi) is 5.21. The number of benzene rings is 1. The van der Waals surface area contributed by atoms with Crippen molar-refractivity contribution in [2.75, 3.05) is 31.7 Å². The fourth-order valence-electron chi connectivity index (χ4n) is 2.22. The molecule has 1 heterocycles. The third kappa shape index (κ3) is 3.70. The van der Waals surface area contributed by atoms with Gasteiger partial charge in [-0.25, -0.2) is 4.79 Å². The largest absolute Gasteiger partial charge is 0.460 e. The van der Waals surface area contributed by atoms with Gasteiger partial charge in [0.2, 0.25) is 0 Å². The summed E-state index contributed by atoms with van der Waals surface area (Å²) >= 11 is 0. The number of hydrogen-bond acceptors (Lipinski definition) is 4. The van der Waals surface area contributed by atoms with Crippen LogP contribution in [-0.2, 0) is 15.9 Å². The molecule has 4 heteroatoms. The number of ether oxygens (including phenoxy) is 2. The van der Waals surface area contributed by atoms with Gasteiger partial charge in [0.25, 0.3) is 0 Å². The molecule has 0 radical (unpaired) electrons. The van der Waals surface area contributed by atoms with E-state index < -0.39 is 0 Å². The fraction of sp³-hybridized carbons (Fsp3) is 0.533. The highest BCUT2D eigenvalue weighted by Crippen LogP contribution is 2.25. The maximum atomic E-state index is 12.0. The number of esters is 1. The van der Waals surface area contributed by atoms with Crippen molar-refractivity contribution in [1.82, 2.24) is 0 Å². The number of fused-ring (bicyclic) bond motifs is 1. The number of hydrogen-bond donors (Lipinski definition) is 1. The third-order valence-electron chi connectivity index (χ3n) is 3.12. The molecule has 0 saturated heterocycles. The molecule has 1 aromatic rings. The number of nitrogens with one attached hydrogen (secondary N) is 1. The molecule has 0 aromatic heterocycles. The highest BCUT2D eigenvalue weighted by atomic mass is 16.6. The van der Waals surface area contributed by atoms with E-state index in [0.717, 1.165) is 37.1 Å². The summed E-state index contributed by atoms with van der Waals surface area (Å²) in [7, 11) is 0. The lowest BCUT2D eigenvalue weighted by Crippen LogP contribution is -2.18. The van der Waals surface area contributed by atoms with Crippen molar-refractivity contribution in [3.8, 4) is 0 Å². The lowest BCUT2D eigenvalue weighted by Gasteiger charge is -2.20. The van der Waals surface area contributed by atoms with Gasteiger partial charge in [0.1, 0.15) is 6.61 Å². The Hall–Kier alpha value is -1.55. The molecule has 104 valence electrons. The van der Waals surface area contributed by atoms with Gasteiger partial charge in [-0.2, -0.15) is 0 Å². The van der Waals surface area contributed by atoms with Gasteiger partial charge in [-0.3, -0.25) is 0 Å². The molecule has 0 amide bonds.